The van der Waals surface area contributed by atoms with E-state index < -0.39 is 0 Å². The molecule has 1 saturated heterocycles. The summed E-state index contributed by atoms with van der Waals surface area (Å²) < 4.78 is 5.04. The second-order valence-corrected chi connectivity index (χ2v) is 5.08. The van der Waals surface area contributed by atoms with Gasteiger partial charge in [0.2, 0.25) is 0 Å². The molecule has 1 fully saturated rings. The van der Waals surface area contributed by atoms with Gasteiger partial charge in [0.05, 0.1) is 6.61 Å². The van der Waals surface area contributed by atoms with Crippen LogP contribution in [0.1, 0.15) is 20.8 Å². The SMILES string of the molecule is CCOC(=O)N1CCN(c2cc(N(CC)CC)ncn2)CC1. The zero-order valence-electron chi connectivity index (χ0n) is 13.7. The molecule has 0 spiro atoms. The summed E-state index contributed by atoms with van der Waals surface area (Å²) in [6, 6.07) is 2.02. The maximum Gasteiger partial charge on any atom is 0.409 e. The fourth-order valence-corrected chi connectivity index (χ4v) is 2.56. The molecule has 2 rings (SSSR count). The van der Waals surface area contributed by atoms with Crippen LogP contribution in [0.2, 0.25) is 0 Å². The minimum atomic E-state index is -0.228. The number of aromatic nitrogens is 2. The molecule has 0 atom stereocenters. The zero-order chi connectivity index (χ0) is 15.9. The van der Waals surface area contributed by atoms with Crippen LogP contribution in [-0.2, 0) is 4.74 Å². The lowest BCUT2D eigenvalue weighted by molar-refractivity contribution is 0.105. The average molecular weight is 307 g/mol. The first kappa shape index (κ1) is 16.3. The lowest BCUT2D eigenvalue weighted by atomic mass is 10.3. The topological polar surface area (TPSA) is 61.8 Å². The fraction of sp³-hybridized carbons (Fsp3) is 0.667. The maximum absolute atomic E-state index is 11.7. The van der Waals surface area contributed by atoms with Crippen molar-refractivity contribution >= 4 is 17.7 Å². The number of piperazine rings is 1. The normalized spacial score (nSPS) is 14.9. The Kier molecular flexibility index (Phi) is 5.80. The van der Waals surface area contributed by atoms with Crippen LogP contribution >= 0.6 is 0 Å². The van der Waals surface area contributed by atoms with Crippen molar-refractivity contribution in [2.75, 3.05) is 55.7 Å². The predicted octanol–water partition coefficient (Wildman–Crippen LogP) is 1.60. The van der Waals surface area contributed by atoms with E-state index in [-0.39, 0.29) is 6.09 Å². The van der Waals surface area contributed by atoms with Gasteiger partial charge in [0, 0.05) is 45.3 Å². The molecule has 2 heterocycles. The van der Waals surface area contributed by atoms with E-state index in [0.29, 0.717) is 19.7 Å². The van der Waals surface area contributed by atoms with Gasteiger partial charge in [-0.3, -0.25) is 0 Å². The van der Waals surface area contributed by atoms with E-state index in [2.05, 4.69) is 33.6 Å². The third-order valence-corrected chi connectivity index (χ3v) is 3.86. The molecule has 1 amide bonds. The number of anilines is 2. The van der Waals surface area contributed by atoms with Crippen LogP contribution in [0.25, 0.3) is 0 Å². The second kappa shape index (κ2) is 7.82. The van der Waals surface area contributed by atoms with Crippen molar-refractivity contribution < 1.29 is 9.53 Å². The average Bonchev–Trinajstić information content (AvgIpc) is 2.57. The van der Waals surface area contributed by atoms with E-state index in [1.807, 2.05) is 13.0 Å². The molecule has 22 heavy (non-hydrogen) atoms. The Morgan fingerprint density at radius 2 is 1.86 bits per heavy atom. The summed E-state index contributed by atoms with van der Waals surface area (Å²) in [5, 5.41) is 0. The van der Waals surface area contributed by atoms with E-state index >= 15 is 0 Å². The van der Waals surface area contributed by atoms with E-state index in [1.165, 1.54) is 0 Å². The molecule has 1 aliphatic heterocycles. The Hall–Kier alpha value is -2.05. The van der Waals surface area contributed by atoms with Crippen LogP contribution in [0.5, 0.6) is 0 Å². The number of nitrogens with zero attached hydrogens (tertiary/aromatic N) is 5. The molecule has 0 aromatic carbocycles. The number of carbonyl (C=O) groups excluding carboxylic acids is 1. The summed E-state index contributed by atoms with van der Waals surface area (Å²) >= 11 is 0. The van der Waals surface area contributed by atoms with E-state index in [1.54, 1.807) is 11.2 Å². The highest BCUT2D eigenvalue weighted by Crippen LogP contribution is 2.19. The van der Waals surface area contributed by atoms with Crippen molar-refractivity contribution in [3.05, 3.63) is 12.4 Å². The number of carbonyl (C=O) groups is 1. The number of hydrogen-bond acceptors (Lipinski definition) is 6. The number of ether oxygens (including phenoxy) is 1. The monoisotopic (exact) mass is 307 g/mol. The van der Waals surface area contributed by atoms with Gasteiger partial charge >= 0.3 is 6.09 Å². The lowest BCUT2D eigenvalue weighted by Crippen LogP contribution is -2.49. The Morgan fingerprint density at radius 3 is 2.45 bits per heavy atom. The minimum absolute atomic E-state index is 0.228. The maximum atomic E-state index is 11.7. The first-order chi connectivity index (χ1) is 10.7. The Morgan fingerprint density at radius 1 is 1.18 bits per heavy atom. The van der Waals surface area contributed by atoms with Crippen molar-refractivity contribution in [2.45, 2.75) is 20.8 Å². The summed E-state index contributed by atoms with van der Waals surface area (Å²) in [5.74, 6) is 1.86. The van der Waals surface area contributed by atoms with Crippen LogP contribution in [0.4, 0.5) is 16.4 Å². The Labute approximate surface area is 131 Å². The van der Waals surface area contributed by atoms with E-state index in [9.17, 15) is 4.79 Å². The second-order valence-electron chi connectivity index (χ2n) is 5.08. The summed E-state index contributed by atoms with van der Waals surface area (Å²) in [7, 11) is 0. The van der Waals surface area contributed by atoms with Gasteiger partial charge in [0.25, 0.3) is 0 Å². The van der Waals surface area contributed by atoms with Crippen LogP contribution < -0.4 is 9.80 Å². The van der Waals surface area contributed by atoms with Crippen molar-refractivity contribution in [1.82, 2.24) is 14.9 Å². The smallest absolute Gasteiger partial charge is 0.409 e. The van der Waals surface area contributed by atoms with Crippen LogP contribution in [0.3, 0.4) is 0 Å². The molecule has 122 valence electrons. The molecular formula is C15H25N5O2. The van der Waals surface area contributed by atoms with Crippen molar-refractivity contribution in [3.8, 4) is 0 Å². The van der Waals surface area contributed by atoms with Crippen molar-refractivity contribution in [1.29, 1.82) is 0 Å². The molecule has 7 heteroatoms. The minimum Gasteiger partial charge on any atom is -0.450 e. The molecule has 0 radical (unpaired) electrons. The van der Waals surface area contributed by atoms with Gasteiger partial charge in [0.15, 0.2) is 0 Å². The van der Waals surface area contributed by atoms with E-state index in [0.717, 1.165) is 37.8 Å². The van der Waals surface area contributed by atoms with Gasteiger partial charge in [-0.25, -0.2) is 14.8 Å². The summed E-state index contributed by atoms with van der Waals surface area (Å²) in [6.07, 6.45) is 1.38. The highest BCUT2D eigenvalue weighted by molar-refractivity contribution is 5.68. The van der Waals surface area contributed by atoms with Crippen molar-refractivity contribution in [2.24, 2.45) is 0 Å². The Balaban J connectivity index is 1.99. The highest BCUT2D eigenvalue weighted by atomic mass is 16.6. The summed E-state index contributed by atoms with van der Waals surface area (Å²) in [4.78, 5) is 26.6. The number of hydrogen-bond donors (Lipinski definition) is 0. The molecule has 0 aliphatic carbocycles. The molecular weight excluding hydrogens is 282 g/mol. The molecule has 0 unspecified atom stereocenters. The molecule has 1 aromatic heterocycles. The molecule has 1 aliphatic rings. The molecule has 0 N–H and O–H groups in total. The predicted molar refractivity (Wildman–Crippen MR) is 86.4 cm³/mol. The summed E-state index contributed by atoms with van der Waals surface area (Å²) in [6.45, 7) is 11.1. The molecule has 1 aromatic rings. The van der Waals surface area contributed by atoms with E-state index in [4.69, 9.17) is 4.74 Å². The van der Waals surface area contributed by atoms with Crippen LogP contribution in [-0.4, -0.2) is 66.8 Å². The van der Waals surface area contributed by atoms with Crippen LogP contribution in [0, 0.1) is 0 Å². The highest BCUT2D eigenvalue weighted by Gasteiger charge is 2.23. The van der Waals surface area contributed by atoms with Gasteiger partial charge in [-0.05, 0) is 20.8 Å². The zero-order valence-corrected chi connectivity index (χ0v) is 13.7. The lowest BCUT2D eigenvalue weighted by Gasteiger charge is -2.35. The third-order valence-electron chi connectivity index (χ3n) is 3.86. The quantitative estimate of drug-likeness (QED) is 0.823. The first-order valence-corrected chi connectivity index (χ1v) is 7.93. The standard InChI is InChI=1S/C15H25N5O2/c1-4-18(5-2)13-11-14(17-12-16-13)19-7-9-20(10-8-19)15(21)22-6-3/h11-12H,4-10H2,1-3H3. The van der Waals surface area contributed by atoms with Crippen molar-refractivity contribution in [3.63, 3.8) is 0 Å². The molecule has 7 nitrogen and oxygen atoms in total. The van der Waals surface area contributed by atoms with Gasteiger partial charge in [-0.15, -0.1) is 0 Å². The molecule has 0 bridgehead atoms. The molecule has 0 saturated carbocycles. The third kappa shape index (κ3) is 3.78. The Bertz CT molecular complexity index is 485. The van der Waals surface area contributed by atoms with Gasteiger partial charge in [-0.1, -0.05) is 0 Å². The van der Waals surface area contributed by atoms with Gasteiger partial charge < -0.3 is 19.4 Å². The number of amides is 1. The largest absolute Gasteiger partial charge is 0.450 e. The van der Waals surface area contributed by atoms with Crippen LogP contribution in [0.15, 0.2) is 12.4 Å². The first-order valence-electron chi connectivity index (χ1n) is 7.93. The number of rotatable bonds is 5. The fourth-order valence-electron chi connectivity index (χ4n) is 2.56. The van der Waals surface area contributed by atoms with Gasteiger partial charge in [0.1, 0.15) is 18.0 Å². The summed E-state index contributed by atoms with van der Waals surface area (Å²) in [5.41, 5.74) is 0. The van der Waals surface area contributed by atoms with Gasteiger partial charge in [-0.2, -0.15) is 0 Å².